The minimum Gasteiger partial charge on any atom is -0.396 e. The third-order valence-electron chi connectivity index (χ3n) is 4.49. The van der Waals surface area contributed by atoms with Crippen molar-refractivity contribution in [3.8, 4) is 0 Å². The number of fused-ring (bicyclic) bond motifs is 1. The summed E-state index contributed by atoms with van der Waals surface area (Å²) in [5.41, 5.74) is 2.54. The molecule has 1 aliphatic rings. The van der Waals surface area contributed by atoms with Gasteiger partial charge in [0.1, 0.15) is 0 Å². The average Bonchev–Trinajstić information content (AvgIpc) is 2.94. The van der Waals surface area contributed by atoms with Crippen molar-refractivity contribution in [2.45, 2.75) is 25.3 Å². The molecule has 2 amide bonds. The van der Waals surface area contributed by atoms with Crippen molar-refractivity contribution in [2.24, 2.45) is 0 Å². The van der Waals surface area contributed by atoms with Crippen LogP contribution >= 0.6 is 11.6 Å². The average molecular weight is 373 g/mol. The number of nitrogens with zero attached hydrogens (tertiary/aromatic N) is 1. The first-order valence-corrected chi connectivity index (χ1v) is 8.99. The summed E-state index contributed by atoms with van der Waals surface area (Å²) in [6.45, 7) is 0.833. The molecule has 0 aliphatic carbocycles. The highest BCUT2D eigenvalue weighted by molar-refractivity contribution is 6.30. The number of hydrogen-bond donors (Lipinski definition) is 2. The summed E-state index contributed by atoms with van der Waals surface area (Å²) in [5.74, 6) is -0.741. The molecule has 0 fully saturated rings. The van der Waals surface area contributed by atoms with E-state index in [9.17, 15) is 9.59 Å². The number of para-hydroxylation sites is 1. The molecule has 0 bridgehead atoms. The van der Waals surface area contributed by atoms with Gasteiger partial charge in [-0.1, -0.05) is 41.9 Å². The van der Waals surface area contributed by atoms with Gasteiger partial charge in [0.05, 0.1) is 5.92 Å². The van der Waals surface area contributed by atoms with Gasteiger partial charge in [0, 0.05) is 36.8 Å². The summed E-state index contributed by atoms with van der Waals surface area (Å²) in [5, 5.41) is 12.6. The van der Waals surface area contributed by atoms with Crippen molar-refractivity contribution in [3.05, 3.63) is 64.7 Å². The number of anilines is 1. The van der Waals surface area contributed by atoms with Crippen LogP contribution in [-0.4, -0.2) is 35.0 Å². The lowest BCUT2D eigenvalue weighted by Gasteiger charge is -2.24. The molecule has 3 rings (SSSR count). The summed E-state index contributed by atoms with van der Waals surface area (Å²) in [7, 11) is 0. The molecule has 6 heteroatoms. The van der Waals surface area contributed by atoms with Gasteiger partial charge < -0.3 is 15.3 Å². The van der Waals surface area contributed by atoms with E-state index in [-0.39, 0.29) is 24.8 Å². The smallest absolute Gasteiger partial charge is 0.232 e. The molecule has 1 unspecified atom stereocenters. The Hall–Kier alpha value is -2.37. The maximum absolute atomic E-state index is 12.9. The molecular formula is C20H21ClN2O3. The number of carbonyl (C=O) groups excluding carboxylic acids is 2. The first-order chi connectivity index (χ1) is 12.6. The van der Waals surface area contributed by atoms with Gasteiger partial charge in [0.25, 0.3) is 0 Å². The summed E-state index contributed by atoms with van der Waals surface area (Å²) >= 11 is 6.03. The minimum atomic E-state index is -0.477. The van der Waals surface area contributed by atoms with Crippen molar-refractivity contribution in [1.29, 1.82) is 0 Å². The lowest BCUT2D eigenvalue weighted by molar-refractivity contribution is -0.134. The van der Waals surface area contributed by atoms with Crippen LogP contribution in [-0.2, 0) is 16.1 Å². The molecule has 0 aromatic heterocycles. The van der Waals surface area contributed by atoms with E-state index < -0.39 is 5.92 Å². The maximum atomic E-state index is 12.9. The fourth-order valence-corrected chi connectivity index (χ4v) is 3.40. The van der Waals surface area contributed by atoms with Crippen molar-refractivity contribution < 1.29 is 14.7 Å². The first kappa shape index (κ1) is 18.4. The van der Waals surface area contributed by atoms with E-state index in [1.54, 1.807) is 11.0 Å². The summed E-state index contributed by atoms with van der Waals surface area (Å²) < 4.78 is 0. The van der Waals surface area contributed by atoms with Gasteiger partial charge in [-0.3, -0.25) is 9.59 Å². The number of nitrogens with one attached hydrogen (secondary N) is 1. The van der Waals surface area contributed by atoms with Gasteiger partial charge in [-0.05, 0) is 35.7 Å². The highest BCUT2D eigenvalue weighted by atomic mass is 35.5. The monoisotopic (exact) mass is 372 g/mol. The Morgan fingerprint density at radius 2 is 2.00 bits per heavy atom. The van der Waals surface area contributed by atoms with Crippen LogP contribution in [0.2, 0.25) is 5.02 Å². The van der Waals surface area contributed by atoms with Crippen LogP contribution < -0.4 is 5.32 Å². The second-order valence-corrected chi connectivity index (χ2v) is 6.79. The highest BCUT2D eigenvalue weighted by Gasteiger charge is 2.33. The van der Waals surface area contributed by atoms with Crippen LogP contribution in [0.15, 0.2) is 48.5 Å². The van der Waals surface area contributed by atoms with Gasteiger partial charge in [0.2, 0.25) is 11.8 Å². The molecular weight excluding hydrogens is 352 g/mol. The van der Waals surface area contributed by atoms with Crippen LogP contribution in [0.1, 0.15) is 29.9 Å². The van der Waals surface area contributed by atoms with Crippen LogP contribution in [0.25, 0.3) is 0 Å². The topological polar surface area (TPSA) is 69.6 Å². The Kier molecular flexibility index (Phi) is 5.91. The summed E-state index contributed by atoms with van der Waals surface area (Å²) in [4.78, 5) is 26.8. The predicted molar refractivity (Wildman–Crippen MR) is 101 cm³/mol. The lowest BCUT2D eigenvalue weighted by atomic mass is 9.96. The van der Waals surface area contributed by atoms with Crippen molar-refractivity contribution >= 4 is 29.1 Å². The van der Waals surface area contributed by atoms with Crippen LogP contribution in [0.4, 0.5) is 5.69 Å². The van der Waals surface area contributed by atoms with Crippen LogP contribution in [0.3, 0.4) is 0 Å². The maximum Gasteiger partial charge on any atom is 0.232 e. The summed E-state index contributed by atoms with van der Waals surface area (Å²) in [6, 6.07) is 14.8. The Balaban J connectivity index is 1.74. The predicted octanol–water partition coefficient (Wildman–Crippen LogP) is 3.18. The highest BCUT2D eigenvalue weighted by Crippen LogP contribution is 2.34. The zero-order valence-corrected chi connectivity index (χ0v) is 15.1. The SMILES string of the molecule is O=C1Nc2ccccc2C1CC(=O)N(CCCO)Cc1cccc(Cl)c1. The number of aliphatic hydroxyl groups excluding tert-OH is 1. The molecule has 1 aliphatic heterocycles. The van der Waals surface area contributed by atoms with Crippen LogP contribution in [0, 0.1) is 0 Å². The Morgan fingerprint density at radius 1 is 1.19 bits per heavy atom. The van der Waals surface area contributed by atoms with Gasteiger partial charge in [0.15, 0.2) is 0 Å². The second-order valence-electron chi connectivity index (χ2n) is 6.36. The third kappa shape index (κ3) is 4.23. The molecule has 2 N–H and O–H groups in total. The number of aliphatic hydroxyl groups is 1. The number of rotatable bonds is 7. The number of hydrogen-bond acceptors (Lipinski definition) is 3. The molecule has 2 aromatic carbocycles. The van der Waals surface area contributed by atoms with Gasteiger partial charge in [-0.25, -0.2) is 0 Å². The Morgan fingerprint density at radius 3 is 2.77 bits per heavy atom. The zero-order chi connectivity index (χ0) is 18.5. The quantitative estimate of drug-likeness (QED) is 0.784. The molecule has 5 nitrogen and oxygen atoms in total. The normalized spacial score (nSPS) is 15.5. The van der Waals surface area contributed by atoms with Gasteiger partial charge in [-0.2, -0.15) is 0 Å². The molecule has 0 saturated carbocycles. The van der Waals surface area contributed by atoms with E-state index in [0.29, 0.717) is 24.5 Å². The van der Waals surface area contributed by atoms with E-state index in [1.807, 2.05) is 42.5 Å². The summed E-state index contributed by atoms with van der Waals surface area (Å²) in [6.07, 6.45) is 0.592. The molecule has 0 saturated heterocycles. The Labute approximate surface area is 157 Å². The second kappa shape index (κ2) is 8.34. The lowest BCUT2D eigenvalue weighted by Crippen LogP contribution is -2.33. The van der Waals surface area contributed by atoms with E-state index in [0.717, 1.165) is 16.8 Å². The fourth-order valence-electron chi connectivity index (χ4n) is 3.19. The number of carbonyl (C=O) groups is 2. The Bertz CT molecular complexity index is 809. The van der Waals surface area contributed by atoms with E-state index in [1.165, 1.54) is 0 Å². The number of halogens is 1. The molecule has 0 radical (unpaired) electrons. The largest absolute Gasteiger partial charge is 0.396 e. The molecule has 1 heterocycles. The van der Waals surface area contributed by atoms with Crippen molar-refractivity contribution in [1.82, 2.24) is 4.90 Å². The van der Waals surface area contributed by atoms with Crippen molar-refractivity contribution in [2.75, 3.05) is 18.5 Å². The fraction of sp³-hybridized carbons (Fsp3) is 0.300. The number of benzene rings is 2. The van der Waals surface area contributed by atoms with Gasteiger partial charge in [-0.15, -0.1) is 0 Å². The number of amides is 2. The van der Waals surface area contributed by atoms with Crippen molar-refractivity contribution in [3.63, 3.8) is 0 Å². The first-order valence-electron chi connectivity index (χ1n) is 8.61. The standard InChI is InChI=1S/C20H21ClN2O3/c21-15-6-3-5-14(11-15)13-23(9-4-10-24)19(25)12-17-16-7-1-2-8-18(16)22-20(17)26/h1-3,5-8,11,17,24H,4,9-10,12-13H2,(H,22,26). The van der Waals surface area contributed by atoms with Crippen LogP contribution in [0.5, 0.6) is 0 Å². The minimum absolute atomic E-state index is 0.00603. The molecule has 136 valence electrons. The molecule has 0 spiro atoms. The van der Waals surface area contributed by atoms with E-state index in [2.05, 4.69) is 5.32 Å². The zero-order valence-electron chi connectivity index (χ0n) is 14.3. The molecule has 1 atom stereocenters. The third-order valence-corrected chi connectivity index (χ3v) is 4.73. The van der Waals surface area contributed by atoms with E-state index >= 15 is 0 Å². The molecule has 26 heavy (non-hydrogen) atoms. The van der Waals surface area contributed by atoms with E-state index in [4.69, 9.17) is 16.7 Å². The molecule has 2 aromatic rings. The van der Waals surface area contributed by atoms with Gasteiger partial charge >= 0.3 is 0 Å².